The lowest BCUT2D eigenvalue weighted by atomic mass is 10.2. The number of aliphatic imine (C=N–C) groups is 1. The molecule has 0 unspecified atom stereocenters. The number of aromatic nitrogens is 3. The lowest BCUT2D eigenvalue weighted by Crippen LogP contribution is -2.36. The van der Waals surface area contributed by atoms with Gasteiger partial charge in [-0.2, -0.15) is 5.10 Å². The number of nitrogens with one attached hydrogen (secondary N) is 2. The Kier molecular flexibility index (Phi) is 6.46. The SMILES string of the molecule is CCNC(=NCc1c(C)nn(-c2ccccc2)c1C)NCc1sc(C)nc1C. The van der Waals surface area contributed by atoms with Gasteiger partial charge in [0.1, 0.15) is 0 Å². The lowest BCUT2D eigenvalue weighted by Gasteiger charge is -2.11. The number of aryl methyl sites for hydroxylation is 3. The summed E-state index contributed by atoms with van der Waals surface area (Å²) >= 11 is 1.73. The molecular formula is C21H28N6S. The molecule has 2 aromatic heterocycles. The topological polar surface area (TPSA) is 67.1 Å². The van der Waals surface area contributed by atoms with Crippen LogP contribution in [0.3, 0.4) is 0 Å². The number of benzene rings is 1. The first-order chi connectivity index (χ1) is 13.5. The molecule has 28 heavy (non-hydrogen) atoms. The number of guanidine groups is 1. The second kappa shape index (κ2) is 9.01. The summed E-state index contributed by atoms with van der Waals surface area (Å²) in [5.41, 5.74) is 5.44. The summed E-state index contributed by atoms with van der Waals surface area (Å²) < 4.78 is 1.99. The Morgan fingerprint density at radius 1 is 1.07 bits per heavy atom. The molecule has 0 radical (unpaired) electrons. The molecule has 0 bridgehead atoms. The first-order valence-corrected chi connectivity index (χ1v) is 10.4. The summed E-state index contributed by atoms with van der Waals surface area (Å²) in [6.45, 7) is 12.4. The molecule has 0 amide bonds. The fraction of sp³-hybridized carbons (Fsp3) is 0.381. The third-order valence-electron chi connectivity index (χ3n) is 4.60. The van der Waals surface area contributed by atoms with E-state index in [4.69, 9.17) is 10.1 Å². The van der Waals surface area contributed by atoms with Gasteiger partial charge in [-0.25, -0.2) is 14.7 Å². The molecule has 0 spiro atoms. The van der Waals surface area contributed by atoms with Gasteiger partial charge >= 0.3 is 0 Å². The summed E-state index contributed by atoms with van der Waals surface area (Å²) in [6, 6.07) is 10.2. The fourth-order valence-electron chi connectivity index (χ4n) is 3.13. The Morgan fingerprint density at radius 3 is 2.46 bits per heavy atom. The molecule has 6 nitrogen and oxygen atoms in total. The summed E-state index contributed by atoms with van der Waals surface area (Å²) in [4.78, 5) is 10.5. The van der Waals surface area contributed by atoms with Crippen LogP contribution in [0.4, 0.5) is 0 Å². The van der Waals surface area contributed by atoms with Crippen LogP contribution in [0.5, 0.6) is 0 Å². The van der Waals surface area contributed by atoms with Crippen molar-refractivity contribution < 1.29 is 0 Å². The van der Waals surface area contributed by atoms with E-state index in [9.17, 15) is 0 Å². The number of thiazole rings is 1. The Balaban J connectivity index is 1.76. The van der Waals surface area contributed by atoms with E-state index in [1.807, 2.05) is 36.7 Å². The highest BCUT2D eigenvalue weighted by Gasteiger charge is 2.13. The zero-order valence-electron chi connectivity index (χ0n) is 17.2. The molecule has 3 aromatic rings. The molecule has 0 saturated carbocycles. The number of rotatable bonds is 6. The van der Waals surface area contributed by atoms with Gasteiger partial charge in [0, 0.05) is 22.7 Å². The zero-order chi connectivity index (χ0) is 20.1. The first-order valence-electron chi connectivity index (χ1n) is 9.55. The Morgan fingerprint density at radius 2 is 1.82 bits per heavy atom. The van der Waals surface area contributed by atoms with Gasteiger partial charge in [0.15, 0.2) is 5.96 Å². The zero-order valence-corrected chi connectivity index (χ0v) is 18.0. The minimum absolute atomic E-state index is 0.584. The largest absolute Gasteiger partial charge is 0.357 e. The molecule has 1 aromatic carbocycles. The summed E-state index contributed by atoms with van der Waals surface area (Å²) in [7, 11) is 0. The van der Waals surface area contributed by atoms with Crippen LogP contribution in [0, 0.1) is 27.7 Å². The van der Waals surface area contributed by atoms with Gasteiger partial charge in [-0.3, -0.25) is 0 Å². The predicted molar refractivity (Wildman–Crippen MR) is 116 cm³/mol. The van der Waals surface area contributed by atoms with Gasteiger partial charge in [-0.05, 0) is 46.8 Å². The van der Waals surface area contributed by atoms with Gasteiger partial charge in [0.2, 0.25) is 0 Å². The minimum Gasteiger partial charge on any atom is -0.357 e. The number of para-hydroxylation sites is 1. The fourth-order valence-corrected chi connectivity index (χ4v) is 4.00. The molecule has 2 N–H and O–H groups in total. The van der Waals surface area contributed by atoms with E-state index in [1.165, 1.54) is 4.88 Å². The van der Waals surface area contributed by atoms with E-state index in [0.29, 0.717) is 6.54 Å². The summed E-state index contributed by atoms with van der Waals surface area (Å²) in [6.07, 6.45) is 0. The maximum Gasteiger partial charge on any atom is 0.191 e. The standard InChI is InChI=1S/C21H28N6S/c1-6-22-21(24-13-20-15(3)25-17(5)28-20)23-12-19-14(2)26-27(16(19)4)18-10-8-7-9-11-18/h7-11H,6,12-13H2,1-5H3,(H2,22,23,24). The molecule has 0 aliphatic rings. The monoisotopic (exact) mass is 396 g/mol. The highest BCUT2D eigenvalue weighted by atomic mass is 32.1. The molecule has 0 aliphatic carbocycles. The molecular weight excluding hydrogens is 368 g/mol. The molecule has 3 rings (SSSR count). The molecule has 2 heterocycles. The maximum absolute atomic E-state index is 4.79. The van der Waals surface area contributed by atoms with Crippen molar-refractivity contribution in [1.82, 2.24) is 25.4 Å². The summed E-state index contributed by atoms with van der Waals surface area (Å²) in [5, 5.41) is 12.5. The number of hydrogen-bond acceptors (Lipinski definition) is 4. The molecule has 7 heteroatoms. The number of nitrogens with zero attached hydrogens (tertiary/aromatic N) is 4. The third-order valence-corrected chi connectivity index (χ3v) is 5.67. The van der Waals surface area contributed by atoms with E-state index in [2.05, 4.69) is 48.5 Å². The number of hydrogen-bond donors (Lipinski definition) is 2. The predicted octanol–water partition coefficient (Wildman–Crippen LogP) is 3.82. The van der Waals surface area contributed by atoms with Crippen LogP contribution in [-0.4, -0.2) is 27.3 Å². The van der Waals surface area contributed by atoms with E-state index < -0.39 is 0 Å². The van der Waals surface area contributed by atoms with Gasteiger partial charge in [-0.15, -0.1) is 11.3 Å². The Hall–Kier alpha value is -2.67. The average Bonchev–Trinajstić information content (AvgIpc) is 3.16. The Bertz CT molecular complexity index is 955. The summed E-state index contributed by atoms with van der Waals surface area (Å²) in [5.74, 6) is 0.805. The molecule has 0 aliphatic heterocycles. The van der Waals surface area contributed by atoms with Gasteiger partial charge in [-0.1, -0.05) is 18.2 Å². The maximum atomic E-state index is 4.79. The van der Waals surface area contributed by atoms with E-state index in [1.54, 1.807) is 11.3 Å². The van der Waals surface area contributed by atoms with E-state index in [-0.39, 0.29) is 0 Å². The highest BCUT2D eigenvalue weighted by Crippen LogP contribution is 2.19. The van der Waals surface area contributed by atoms with Crippen molar-refractivity contribution in [3.63, 3.8) is 0 Å². The van der Waals surface area contributed by atoms with Crippen LogP contribution in [0.1, 0.15) is 39.5 Å². The van der Waals surface area contributed by atoms with Crippen molar-refractivity contribution in [3.05, 3.63) is 62.9 Å². The van der Waals surface area contributed by atoms with Crippen LogP contribution < -0.4 is 10.6 Å². The normalized spacial score (nSPS) is 11.7. The Labute approximate surface area is 170 Å². The van der Waals surface area contributed by atoms with Crippen molar-refractivity contribution in [2.24, 2.45) is 4.99 Å². The van der Waals surface area contributed by atoms with Crippen LogP contribution in [-0.2, 0) is 13.1 Å². The molecule has 0 fully saturated rings. The third kappa shape index (κ3) is 4.59. The highest BCUT2D eigenvalue weighted by molar-refractivity contribution is 7.11. The van der Waals surface area contributed by atoms with Gasteiger partial charge in [0.25, 0.3) is 0 Å². The van der Waals surface area contributed by atoms with Crippen LogP contribution in [0.25, 0.3) is 5.69 Å². The minimum atomic E-state index is 0.584. The smallest absolute Gasteiger partial charge is 0.191 e. The van der Waals surface area contributed by atoms with Crippen molar-refractivity contribution in [2.45, 2.75) is 47.7 Å². The van der Waals surface area contributed by atoms with Crippen molar-refractivity contribution in [3.8, 4) is 5.69 Å². The molecule has 148 valence electrons. The quantitative estimate of drug-likeness (QED) is 0.491. The van der Waals surface area contributed by atoms with Crippen LogP contribution >= 0.6 is 11.3 Å². The van der Waals surface area contributed by atoms with Crippen molar-refractivity contribution in [1.29, 1.82) is 0 Å². The first kappa shape index (κ1) is 20.1. The average molecular weight is 397 g/mol. The second-order valence-corrected chi connectivity index (χ2v) is 7.97. The van der Waals surface area contributed by atoms with Gasteiger partial charge < -0.3 is 10.6 Å². The molecule has 0 saturated heterocycles. The second-order valence-electron chi connectivity index (χ2n) is 6.69. The molecule has 0 atom stereocenters. The van der Waals surface area contributed by atoms with E-state index >= 15 is 0 Å². The van der Waals surface area contributed by atoms with Crippen molar-refractivity contribution >= 4 is 17.3 Å². The van der Waals surface area contributed by atoms with Crippen LogP contribution in [0.15, 0.2) is 35.3 Å². The lowest BCUT2D eigenvalue weighted by molar-refractivity contribution is 0.815. The van der Waals surface area contributed by atoms with Crippen LogP contribution in [0.2, 0.25) is 0 Å². The van der Waals surface area contributed by atoms with E-state index in [0.717, 1.165) is 52.4 Å². The van der Waals surface area contributed by atoms with Crippen molar-refractivity contribution in [2.75, 3.05) is 6.54 Å². The van der Waals surface area contributed by atoms with Gasteiger partial charge in [0.05, 0.1) is 35.2 Å².